The topological polar surface area (TPSA) is 28.7 Å². The first kappa shape index (κ1) is 11.5. The minimum atomic E-state index is 0.850. The Kier molecular flexibility index (Phi) is 2.92. The van der Waals surface area contributed by atoms with Crippen molar-refractivity contribution >= 4 is 26.8 Å². The lowest BCUT2D eigenvalue weighted by atomic mass is 10.1. The number of hydrogen-bond acceptors (Lipinski definition) is 1. The van der Waals surface area contributed by atoms with Crippen LogP contribution in [0.4, 0.5) is 0 Å². The van der Waals surface area contributed by atoms with Crippen molar-refractivity contribution in [2.75, 3.05) is 0 Å². The number of hydrogen-bond donors (Lipinski definition) is 1. The maximum Gasteiger partial charge on any atom is 0.0468 e. The quantitative estimate of drug-likeness (QED) is 0.754. The molecule has 2 nitrogen and oxygen atoms in total. The predicted octanol–water partition coefficient (Wildman–Crippen LogP) is 4.22. The Morgan fingerprint density at radius 3 is 2.89 bits per heavy atom. The number of aromatic nitrogens is 2. The summed E-state index contributed by atoms with van der Waals surface area (Å²) in [5.74, 6) is 0. The molecule has 2 aromatic heterocycles. The molecular formula is C15H13BrN2. The van der Waals surface area contributed by atoms with Crippen molar-refractivity contribution < 1.29 is 0 Å². The molecule has 0 amide bonds. The van der Waals surface area contributed by atoms with E-state index in [0.29, 0.717) is 0 Å². The number of pyridine rings is 1. The Morgan fingerprint density at radius 1 is 1.22 bits per heavy atom. The van der Waals surface area contributed by atoms with Gasteiger partial charge in [0.1, 0.15) is 0 Å². The number of aryl methyl sites for hydroxylation is 1. The number of benzene rings is 1. The third-order valence-electron chi connectivity index (χ3n) is 3.08. The third-order valence-corrected chi connectivity index (χ3v) is 3.74. The summed E-state index contributed by atoms with van der Waals surface area (Å²) in [5, 5.41) is 1.25. The van der Waals surface area contributed by atoms with Crippen LogP contribution in [0.15, 0.2) is 47.2 Å². The zero-order valence-electron chi connectivity index (χ0n) is 10.1. The maximum atomic E-state index is 4.46. The Morgan fingerprint density at radius 2 is 2.11 bits per heavy atom. The van der Waals surface area contributed by atoms with Crippen LogP contribution in [0.2, 0.25) is 0 Å². The Hall–Kier alpha value is -1.61. The van der Waals surface area contributed by atoms with Gasteiger partial charge in [0.15, 0.2) is 0 Å². The predicted molar refractivity (Wildman–Crippen MR) is 77.8 cm³/mol. The summed E-state index contributed by atoms with van der Waals surface area (Å²) in [5.41, 5.74) is 4.72. The van der Waals surface area contributed by atoms with Gasteiger partial charge in [-0.1, -0.05) is 28.1 Å². The molecule has 0 aliphatic heterocycles. The van der Waals surface area contributed by atoms with E-state index in [1.165, 1.54) is 16.5 Å². The summed E-state index contributed by atoms with van der Waals surface area (Å²) in [4.78, 5) is 7.76. The largest absolute Gasteiger partial charge is 0.361 e. The number of fused-ring (bicyclic) bond motifs is 1. The molecule has 0 radical (unpaired) electrons. The number of nitrogens with one attached hydrogen (secondary N) is 1. The van der Waals surface area contributed by atoms with E-state index in [9.17, 15) is 0 Å². The van der Waals surface area contributed by atoms with E-state index < -0.39 is 0 Å². The van der Waals surface area contributed by atoms with Gasteiger partial charge in [0, 0.05) is 39.9 Å². The second-order valence-corrected chi connectivity index (χ2v) is 5.33. The van der Waals surface area contributed by atoms with Gasteiger partial charge in [0.25, 0.3) is 0 Å². The fourth-order valence-electron chi connectivity index (χ4n) is 2.15. The summed E-state index contributed by atoms with van der Waals surface area (Å²) in [7, 11) is 0. The summed E-state index contributed by atoms with van der Waals surface area (Å²) >= 11 is 3.61. The Balaban J connectivity index is 2.02. The molecule has 1 N–H and O–H groups in total. The molecule has 0 unspecified atom stereocenters. The highest BCUT2D eigenvalue weighted by atomic mass is 79.9. The number of nitrogens with zero attached hydrogens (tertiary/aromatic N) is 1. The lowest BCUT2D eigenvalue weighted by molar-refractivity contribution is 1.07. The number of aromatic amines is 1. The molecule has 1 aromatic carbocycles. The lowest BCUT2D eigenvalue weighted by Crippen LogP contribution is -1.91. The highest BCUT2D eigenvalue weighted by Crippen LogP contribution is 2.28. The van der Waals surface area contributed by atoms with Crippen LogP contribution in [0.3, 0.4) is 0 Å². The highest BCUT2D eigenvalue weighted by molar-refractivity contribution is 9.10. The van der Waals surface area contributed by atoms with Crippen molar-refractivity contribution in [2.45, 2.75) is 13.3 Å². The normalized spacial score (nSPS) is 11.0. The summed E-state index contributed by atoms with van der Waals surface area (Å²) in [6.45, 7) is 2.05. The van der Waals surface area contributed by atoms with Crippen LogP contribution in [0.5, 0.6) is 0 Å². The van der Waals surface area contributed by atoms with Gasteiger partial charge in [-0.3, -0.25) is 4.98 Å². The average Bonchev–Trinajstić information content (AvgIpc) is 2.77. The first-order valence-electron chi connectivity index (χ1n) is 5.90. The maximum absolute atomic E-state index is 4.46. The van der Waals surface area contributed by atoms with Gasteiger partial charge in [-0.25, -0.2) is 0 Å². The van der Waals surface area contributed by atoms with E-state index in [2.05, 4.69) is 63.3 Å². The van der Waals surface area contributed by atoms with Crippen LogP contribution in [0.25, 0.3) is 10.9 Å². The van der Waals surface area contributed by atoms with Crippen LogP contribution in [-0.2, 0) is 6.42 Å². The van der Waals surface area contributed by atoms with Crippen molar-refractivity contribution in [3.63, 3.8) is 0 Å². The van der Waals surface area contributed by atoms with Gasteiger partial charge >= 0.3 is 0 Å². The molecule has 3 rings (SSSR count). The van der Waals surface area contributed by atoms with Crippen molar-refractivity contribution in [3.05, 3.63) is 64.0 Å². The van der Waals surface area contributed by atoms with Gasteiger partial charge in [-0.05, 0) is 36.2 Å². The third kappa shape index (κ3) is 2.06. The zero-order valence-corrected chi connectivity index (χ0v) is 11.7. The molecule has 0 aliphatic rings. The van der Waals surface area contributed by atoms with Gasteiger partial charge in [-0.15, -0.1) is 0 Å². The molecule has 18 heavy (non-hydrogen) atoms. The molecule has 0 atom stereocenters. The molecule has 0 saturated carbocycles. The van der Waals surface area contributed by atoms with Gasteiger partial charge < -0.3 is 4.98 Å². The fourth-order valence-corrected chi connectivity index (χ4v) is 2.77. The second-order valence-electron chi connectivity index (χ2n) is 4.48. The number of halogens is 1. The first-order valence-corrected chi connectivity index (χ1v) is 6.69. The zero-order chi connectivity index (χ0) is 12.5. The Bertz CT molecular complexity index is 683. The molecule has 0 bridgehead atoms. The lowest BCUT2D eigenvalue weighted by Gasteiger charge is -2.02. The Labute approximate surface area is 114 Å². The smallest absolute Gasteiger partial charge is 0.0468 e. The SMILES string of the molecule is Cc1ccc(Cc2c[nH]c3cccc(Br)c23)nc1. The van der Waals surface area contributed by atoms with Crippen LogP contribution in [0, 0.1) is 6.92 Å². The molecule has 0 spiro atoms. The molecule has 0 aliphatic carbocycles. The fraction of sp³-hybridized carbons (Fsp3) is 0.133. The van der Waals surface area contributed by atoms with Crippen molar-refractivity contribution in [1.82, 2.24) is 9.97 Å². The molecule has 3 heteroatoms. The van der Waals surface area contributed by atoms with Crippen molar-refractivity contribution in [1.29, 1.82) is 0 Å². The van der Waals surface area contributed by atoms with Crippen LogP contribution >= 0.6 is 15.9 Å². The summed E-state index contributed by atoms with van der Waals surface area (Å²) in [6, 6.07) is 10.4. The first-order chi connectivity index (χ1) is 8.74. The summed E-state index contributed by atoms with van der Waals surface area (Å²) < 4.78 is 1.13. The number of H-pyrrole nitrogens is 1. The van der Waals surface area contributed by atoms with E-state index in [0.717, 1.165) is 22.1 Å². The van der Waals surface area contributed by atoms with E-state index >= 15 is 0 Å². The molecule has 2 heterocycles. The highest BCUT2D eigenvalue weighted by Gasteiger charge is 2.08. The second kappa shape index (κ2) is 4.58. The monoisotopic (exact) mass is 300 g/mol. The van der Waals surface area contributed by atoms with Crippen molar-refractivity contribution in [2.24, 2.45) is 0 Å². The number of rotatable bonds is 2. The van der Waals surface area contributed by atoms with Crippen LogP contribution < -0.4 is 0 Å². The molecular weight excluding hydrogens is 288 g/mol. The van der Waals surface area contributed by atoms with Crippen molar-refractivity contribution in [3.8, 4) is 0 Å². The summed E-state index contributed by atoms with van der Waals surface area (Å²) in [6.07, 6.45) is 4.83. The van der Waals surface area contributed by atoms with Crippen LogP contribution in [0.1, 0.15) is 16.8 Å². The van der Waals surface area contributed by atoms with Gasteiger partial charge in [-0.2, -0.15) is 0 Å². The molecule has 90 valence electrons. The van der Waals surface area contributed by atoms with E-state index in [1.807, 2.05) is 12.3 Å². The standard InChI is InChI=1S/C15H13BrN2/c1-10-5-6-12(17-8-10)7-11-9-18-14-4-2-3-13(16)15(11)14/h2-6,8-9,18H,7H2,1H3. The molecule has 0 fully saturated rings. The van der Waals surface area contributed by atoms with Crippen LogP contribution in [-0.4, -0.2) is 9.97 Å². The van der Waals surface area contributed by atoms with E-state index in [-0.39, 0.29) is 0 Å². The van der Waals surface area contributed by atoms with Gasteiger partial charge in [0.2, 0.25) is 0 Å². The molecule has 0 saturated heterocycles. The van der Waals surface area contributed by atoms with Gasteiger partial charge in [0.05, 0.1) is 0 Å². The molecule has 3 aromatic rings. The van der Waals surface area contributed by atoms with E-state index in [4.69, 9.17) is 0 Å². The van der Waals surface area contributed by atoms with E-state index in [1.54, 1.807) is 0 Å². The average molecular weight is 301 g/mol. The minimum absolute atomic E-state index is 0.850. The minimum Gasteiger partial charge on any atom is -0.361 e.